The number of aryl methyl sites for hydroxylation is 1. The number of halogens is 1. The zero-order chi connectivity index (χ0) is 19.2. The van der Waals surface area contributed by atoms with E-state index in [1.54, 1.807) is 43.3 Å². The first-order valence-electron chi connectivity index (χ1n) is 8.33. The van der Waals surface area contributed by atoms with E-state index in [0.29, 0.717) is 35.3 Å². The molecule has 0 saturated carbocycles. The van der Waals surface area contributed by atoms with E-state index in [2.05, 4.69) is 20.6 Å². The second-order valence-electron chi connectivity index (χ2n) is 5.83. The highest BCUT2D eigenvalue weighted by Crippen LogP contribution is 2.22. The smallest absolute Gasteiger partial charge is 0.339 e. The lowest BCUT2D eigenvalue weighted by molar-refractivity contribution is 0.0602. The minimum absolute atomic E-state index is 0.271. The molecule has 0 amide bonds. The molecular weight excluding hydrogens is 347 g/mol. The van der Waals surface area contributed by atoms with Crippen molar-refractivity contribution in [3.63, 3.8) is 0 Å². The zero-order valence-corrected chi connectivity index (χ0v) is 15.0. The number of rotatable bonds is 6. The molecule has 3 rings (SSSR count). The molecule has 0 unspecified atom stereocenters. The SMILES string of the molecule is COC(=O)c1ccccc1Nc1cc(NCc2ccc(F)cc2)nc(C)n1. The van der Waals surface area contributed by atoms with E-state index >= 15 is 0 Å². The highest BCUT2D eigenvalue weighted by atomic mass is 19.1. The maximum atomic E-state index is 13.0. The third-order valence-corrected chi connectivity index (χ3v) is 3.82. The lowest BCUT2D eigenvalue weighted by atomic mass is 10.2. The molecule has 0 bridgehead atoms. The summed E-state index contributed by atoms with van der Waals surface area (Å²) in [7, 11) is 1.34. The molecule has 0 aliphatic rings. The van der Waals surface area contributed by atoms with Crippen LogP contribution in [-0.4, -0.2) is 23.0 Å². The van der Waals surface area contributed by atoms with Gasteiger partial charge in [0.2, 0.25) is 0 Å². The van der Waals surface area contributed by atoms with Crippen molar-refractivity contribution in [3.05, 3.63) is 77.4 Å². The van der Waals surface area contributed by atoms with Crippen molar-refractivity contribution in [2.45, 2.75) is 13.5 Å². The van der Waals surface area contributed by atoms with Gasteiger partial charge in [0.1, 0.15) is 23.3 Å². The van der Waals surface area contributed by atoms with Gasteiger partial charge in [-0.2, -0.15) is 0 Å². The average Bonchev–Trinajstić information content (AvgIpc) is 2.67. The number of nitrogens with zero attached hydrogens (tertiary/aromatic N) is 2. The van der Waals surface area contributed by atoms with Crippen LogP contribution in [0.4, 0.5) is 21.7 Å². The maximum Gasteiger partial charge on any atom is 0.339 e. The number of aromatic nitrogens is 2. The topological polar surface area (TPSA) is 76.1 Å². The van der Waals surface area contributed by atoms with Crippen LogP contribution in [0.2, 0.25) is 0 Å². The van der Waals surface area contributed by atoms with Crippen LogP contribution < -0.4 is 10.6 Å². The van der Waals surface area contributed by atoms with Crippen LogP contribution in [0.1, 0.15) is 21.7 Å². The van der Waals surface area contributed by atoms with Crippen molar-refractivity contribution in [3.8, 4) is 0 Å². The van der Waals surface area contributed by atoms with Crippen molar-refractivity contribution in [2.24, 2.45) is 0 Å². The Morgan fingerprint density at radius 2 is 1.78 bits per heavy atom. The van der Waals surface area contributed by atoms with Gasteiger partial charge in [0, 0.05) is 12.6 Å². The van der Waals surface area contributed by atoms with Crippen molar-refractivity contribution >= 4 is 23.3 Å². The predicted molar refractivity (Wildman–Crippen MR) is 102 cm³/mol. The summed E-state index contributed by atoms with van der Waals surface area (Å²) in [5.41, 5.74) is 1.93. The van der Waals surface area contributed by atoms with Crippen LogP contribution in [0.15, 0.2) is 54.6 Å². The van der Waals surface area contributed by atoms with Crippen molar-refractivity contribution in [1.29, 1.82) is 0 Å². The molecule has 2 N–H and O–H groups in total. The molecule has 0 fully saturated rings. The Balaban J connectivity index is 1.78. The second kappa shape index (κ2) is 8.27. The Labute approximate surface area is 156 Å². The third-order valence-electron chi connectivity index (χ3n) is 3.82. The number of benzene rings is 2. The van der Waals surface area contributed by atoms with Gasteiger partial charge in [0.15, 0.2) is 0 Å². The van der Waals surface area contributed by atoms with Crippen LogP contribution in [0, 0.1) is 12.7 Å². The number of para-hydroxylation sites is 1. The summed E-state index contributed by atoms with van der Waals surface area (Å²) in [6, 6.07) is 15.0. The van der Waals surface area contributed by atoms with Gasteiger partial charge in [-0.3, -0.25) is 0 Å². The zero-order valence-electron chi connectivity index (χ0n) is 15.0. The summed E-state index contributed by atoms with van der Waals surface area (Å²) in [5.74, 6) is 1.02. The number of carbonyl (C=O) groups excluding carboxylic acids is 1. The Morgan fingerprint density at radius 1 is 1.07 bits per heavy atom. The summed E-state index contributed by atoms with van der Waals surface area (Å²) in [4.78, 5) is 20.6. The van der Waals surface area contributed by atoms with Gasteiger partial charge in [-0.1, -0.05) is 24.3 Å². The van der Waals surface area contributed by atoms with E-state index in [4.69, 9.17) is 4.74 Å². The Kier molecular flexibility index (Phi) is 5.61. The molecule has 0 aliphatic heterocycles. The molecule has 6 nitrogen and oxygen atoms in total. The van der Waals surface area contributed by atoms with Crippen LogP contribution in [0.25, 0.3) is 0 Å². The first kappa shape index (κ1) is 18.3. The number of anilines is 3. The van der Waals surface area contributed by atoms with Crippen LogP contribution in [0.3, 0.4) is 0 Å². The molecule has 2 aromatic carbocycles. The monoisotopic (exact) mass is 366 g/mol. The van der Waals surface area contributed by atoms with Gasteiger partial charge in [-0.25, -0.2) is 19.2 Å². The summed E-state index contributed by atoms with van der Waals surface area (Å²) in [6.45, 7) is 2.27. The molecule has 27 heavy (non-hydrogen) atoms. The van der Waals surface area contributed by atoms with Crippen molar-refractivity contribution in [2.75, 3.05) is 17.7 Å². The number of esters is 1. The highest BCUT2D eigenvalue weighted by Gasteiger charge is 2.12. The summed E-state index contributed by atoms with van der Waals surface area (Å²) in [5, 5.41) is 6.32. The number of methoxy groups -OCH3 is 1. The van der Waals surface area contributed by atoms with Crippen LogP contribution in [-0.2, 0) is 11.3 Å². The summed E-state index contributed by atoms with van der Waals surface area (Å²) >= 11 is 0. The fraction of sp³-hybridized carbons (Fsp3) is 0.150. The number of nitrogens with one attached hydrogen (secondary N) is 2. The molecule has 0 aliphatic carbocycles. The minimum atomic E-state index is -0.432. The molecule has 1 heterocycles. The number of hydrogen-bond donors (Lipinski definition) is 2. The Bertz CT molecular complexity index is 945. The lowest BCUT2D eigenvalue weighted by Crippen LogP contribution is -2.08. The third kappa shape index (κ3) is 4.78. The molecule has 138 valence electrons. The second-order valence-corrected chi connectivity index (χ2v) is 5.83. The highest BCUT2D eigenvalue weighted by molar-refractivity contribution is 5.96. The van der Waals surface area contributed by atoms with Crippen LogP contribution in [0.5, 0.6) is 0 Å². The van der Waals surface area contributed by atoms with Gasteiger partial charge in [0.05, 0.1) is 18.4 Å². The fourth-order valence-electron chi connectivity index (χ4n) is 2.54. The van der Waals surface area contributed by atoms with Crippen molar-refractivity contribution in [1.82, 2.24) is 9.97 Å². The number of hydrogen-bond acceptors (Lipinski definition) is 6. The molecule has 1 aromatic heterocycles. The normalized spacial score (nSPS) is 10.3. The molecule has 0 radical (unpaired) electrons. The number of carbonyl (C=O) groups is 1. The first-order chi connectivity index (χ1) is 13.0. The minimum Gasteiger partial charge on any atom is -0.465 e. The Hall–Kier alpha value is -3.48. The van der Waals surface area contributed by atoms with E-state index in [-0.39, 0.29) is 5.82 Å². The van der Waals surface area contributed by atoms with E-state index in [0.717, 1.165) is 5.56 Å². The summed E-state index contributed by atoms with van der Waals surface area (Å²) in [6.07, 6.45) is 0. The lowest BCUT2D eigenvalue weighted by Gasteiger charge is -2.12. The quantitative estimate of drug-likeness (QED) is 0.641. The van der Waals surface area contributed by atoms with Crippen LogP contribution >= 0.6 is 0 Å². The molecular formula is C20H19FN4O2. The van der Waals surface area contributed by atoms with E-state index < -0.39 is 5.97 Å². The molecule has 3 aromatic rings. The molecule has 0 atom stereocenters. The van der Waals surface area contributed by atoms with Gasteiger partial charge in [-0.05, 0) is 36.8 Å². The van der Waals surface area contributed by atoms with Gasteiger partial charge >= 0.3 is 5.97 Å². The average molecular weight is 366 g/mol. The standard InChI is InChI=1S/C20H19FN4O2/c1-13-23-18(22-12-14-7-9-15(21)10-8-14)11-19(24-13)25-17-6-4-3-5-16(17)20(26)27-2/h3-11H,12H2,1-2H3,(H2,22,23,24,25). The molecule has 7 heteroatoms. The van der Waals surface area contributed by atoms with E-state index in [1.165, 1.54) is 19.2 Å². The van der Waals surface area contributed by atoms with Gasteiger partial charge < -0.3 is 15.4 Å². The Morgan fingerprint density at radius 3 is 2.52 bits per heavy atom. The van der Waals surface area contributed by atoms with Crippen molar-refractivity contribution < 1.29 is 13.9 Å². The largest absolute Gasteiger partial charge is 0.465 e. The summed E-state index contributed by atoms with van der Waals surface area (Å²) < 4.78 is 17.8. The fourth-order valence-corrected chi connectivity index (χ4v) is 2.54. The predicted octanol–water partition coefficient (Wildman–Crippen LogP) is 4.07. The first-order valence-corrected chi connectivity index (χ1v) is 8.33. The van der Waals surface area contributed by atoms with E-state index in [1.807, 2.05) is 6.07 Å². The van der Waals surface area contributed by atoms with Gasteiger partial charge in [0.25, 0.3) is 0 Å². The maximum absolute atomic E-state index is 13.0. The van der Waals surface area contributed by atoms with E-state index in [9.17, 15) is 9.18 Å². The number of ether oxygens (including phenoxy) is 1. The molecule has 0 saturated heterocycles. The molecule has 0 spiro atoms. The van der Waals surface area contributed by atoms with Gasteiger partial charge in [-0.15, -0.1) is 0 Å².